The van der Waals surface area contributed by atoms with Gasteiger partial charge >= 0.3 is 0 Å². The van der Waals surface area contributed by atoms with E-state index in [4.69, 9.17) is 0 Å². The zero-order chi connectivity index (χ0) is 15.2. The van der Waals surface area contributed by atoms with Crippen LogP contribution in [0.15, 0.2) is 22.7 Å². The average Bonchev–Trinajstić information content (AvgIpc) is 2.82. The van der Waals surface area contributed by atoms with Crippen LogP contribution >= 0.6 is 27.3 Å². The molecule has 5 heteroatoms. The second-order valence-electron chi connectivity index (χ2n) is 4.94. The van der Waals surface area contributed by atoms with Crippen molar-refractivity contribution < 1.29 is 4.39 Å². The van der Waals surface area contributed by atoms with Gasteiger partial charge in [-0.15, -0.1) is 11.3 Å². The van der Waals surface area contributed by atoms with Crippen LogP contribution in [0.1, 0.15) is 37.3 Å². The molecular formula is C16H20BrFN2S. The van der Waals surface area contributed by atoms with Gasteiger partial charge in [-0.05, 0) is 37.6 Å². The fourth-order valence-corrected chi connectivity index (χ4v) is 3.55. The van der Waals surface area contributed by atoms with Crippen molar-refractivity contribution in [1.82, 2.24) is 10.3 Å². The van der Waals surface area contributed by atoms with E-state index in [2.05, 4.69) is 40.1 Å². The first-order valence-electron chi connectivity index (χ1n) is 7.30. The van der Waals surface area contributed by atoms with Crippen LogP contribution in [0, 0.1) is 5.82 Å². The highest BCUT2D eigenvalue weighted by atomic mass is 79.9. The first-order chi connectivity index (χ1) is 10.2. The Morgan fingerprint density at radius 2 is 2.10 bits per heavy atom. The van der Waals surface area contributed by atoms with Gasteiger partial charge in [-0.2, -0.15) is 0 Å². The molecule has 0 saturated heterocycles. The van der Waals surface area contributed by atoms with Crippen LogP contribution in [0.4, 0.5) is 4.39 Å². The molecule has 0 atom stereocenters. The van der Waals surface area contributed by atoms with Crippen molar-refractivity contribution in [3.8, 4) is 10.6 Å². The molecule has 2 aromatic rings. The summed E-state index contributed by atoms with van der Waals surface area (Å²) in [7, 11) is 0. The number of thiazole rings is 1. The molecule has 0 saturated carbocycles. The fraction of sp³-hybridized carbons (Fsp3) is 0.438. The quantitative estimate of drug-likeness (QED) is 0.680. The molecule has 114 valence electrons. The lowest BCUT2D eigenvalue weighted by atomic mass is 10.2. The molecule has 0 unspecified atom stereocenters. The molecule has 2 rings (SSSR count). The molecule has 0 amide bonds. The summed E-state index contributed by atoms with van der Waals surface area (Å²) in [5.41, 5.74) is 1.69. The zero-order valence-corrected chi connectivity index (χ0v) is 14.8. The molecule has 1 N–H and O–H groups in total. The lowest BCUT2D eigenvalue weighted by molar-refractivity contribution is 0.630. The monoisotopic (exact) mass is 370 g/mol. The number of aryl methyl sites for hydroxylation is 1. The first kappa shape index (κ1) is 16.6. The number of hydrogen-bond donors (Lipinski definition) is 1. The number of nitrogens with zero attached hydrogens (tertiary/aromatic N) is 1. The van der Waals surface area contributed by atoms with Crippen LogP contribution in [-0.4, -0.2) is 11.5 Å². The molecule has 21 heavy (non-hydrogen) atoms. The predicted molar refractivity (Wildman–Crippen MR) is 91.2 cm³/mol. The molecule has 1 heterocycles. The van der Waals surface area contributed by atoms with E-state index in [0.29, 0.717) is 5.56 Å². The van der Waals surface area contributed by atoms with Gasteiger partial charge in [0.1, 0.15) is 10.8 Å². The van der Waals surface area contributed by atoms with Crippen molar-refractivity contribution >= 4 is 27.3 Å². The van der Waals surface area contributed by atoms with Crippen molar-refractivity contribution in [2.45, 2.75) is 39.7 Å². The average molecular weight is 371 g/mol. The molecule has 0 spiro atoms. The molecule has 1 aromatic carbocycles. The van der Waals surface area contributed by atoms with Crippen LogP contribution in [0.5, 0.6) is 0 Å². The topological polar surface area (TPSA) is 24.9 Å². The van der Waals surface area contributed by atoms with E-state index in [-0.39, 0.29) is 5.82 Å². The number of hydrogen-bond acceptors (Lipinski definition) is 3. The van der Waals surface area contributed by atoms with E-state index in [0.717, 1.165) is 47.5 Å². The van der Waals surface area contributed by atoms with Crippen molar-refractivity contribution in [1.29, 1.82) is 0 Å². The van der Waals surface area contributed by atoms with Crippen molar-refractivity contribution in [3.63, 3.8) is 0 Å². The first-order valence-corrected chi connectivity index (χ1v) is 8.91. The van der Waals surface area contributed by atoms with Gasteiger partial charge in [0.05, 0.1) is 5.69 Å². The molecule has 0 aliphatic heterocycles. The summed E-state index contributed by atoms with van der Waals surface area (Å²) in [6.45, 7) is 6.10. The molecule has 0 bridgehead atoms. The molecule has 1 aromatic heterocycles. The summed E-state index contributed by atoms with van der Waals surface area (Å²) >= 11 is 4.88. The third-order valence-electron chi connectivity index (χ3n) is 3.14. The van der Waals surface area contributed by atoms with E-state index in [9.17, 15) is 4.39 Å². The van der Waals surface area contributed by atoms with Crippen LogP contribution in [0.2, 0.25) is 0 Å². The van der Waals surface area contributed by atoms with E-state index in [1.54, 1.807) is 17.4 Å². The third kappa shape index (κ3) is 4.34. The second kappa shape index (κ2) is 8.01. The standard InChI is InChI=1S/C16H20BrFN2S/c1-3-5-14-15(10-19-8-4-2)21-16(20-14)12-7-6-11(17)9-13(12)18/h6-7,9,19H,3-5,8,10H2,1-2H3. The number of halogens is 2. The molecule has 2 nitrogen and oxygen atoms in total. The van der Waals surface area contributed by atoms with E-state index >= 15 is 0 Å². The minimum atomic E-state index is -0.228. The normalized spacial score (nSPS) is 11.0. The van der Waals surface area contributed by atoms with Crippen LogP contribution in [0.3, 0.4) is 0 Å². The summed E-state index contributed by atoms with van der Waals surface area (Å²) in [6, 6.07) is 5.14. The molecule has 0 radical (unpaired) electrons. The molecular weight excluding hydrogens is 351 g/mol. The smallest absolute Gasteiger partial charge is 0.134 e. The van der Waals surface area contributed by atoms with Gasteiger partial charge in [0.25, 0.3) is 0 Å². The Morgan fingerprint density at radius 3 is 2.76 bits per heavy atom. The lowest BCUT2D eigenvalue weighted by Gasteiger charge is -2.02. The van der Waals surface area contributed by atoms with Gasteiger partial charge in [0.2, 0.25) is 0 Å². The Hall–Kier alpha value is -0.780. The molecule has 0 aliphatic carbocycles. The largest absolute Gasteiger partial charge is 0.312 e. The summed E-state index contributed by atoms with van der Waals surface area (Å²) in [5, 5.41) is 4.18. The highest BCUT2D eigenvalue weighted by Crippen LogP contribution is 2.31. The highest BCUT2D eigenvalue weighted by molar-refractivity contribution is 9.10. The highest BCUT2D eigenvalue weighted by Gasteiger charge is 2.14. The van der Waals surface area contributed by atoms with Gasteiger partial charge in [-0.25, -0.2) is 9.37 Å². The lowest BCUT2D eigenvalue weighted by Crippen LogP contribution is -2.13. The van der Waals surface area contributed by atoms with Crippen molar-refractivity contribution in [2.75, 3.05) is 6.54 Å². The van der Waals surface area contributed by atoms with Gasteiger partial charge in [0, 0.05) is 21.5 Å². The van der Waals surface area contributed by atoms with Crippen LogP contribution in [0.25, 0.3) is 10.6 Å². The second-order valence-corrected chi connectivity index (χ2v) is 6.94. The summed E-state index contributed by atoms with van der Waals surface area (Å²) < 4.78 is 14.8. The molecule has 0 fully saturated rings. The Morgan fingerprint density at radius 1 is 1.29 bits per heavy atom. The van der Waals surface area contributed by atoms with Crippen molar-refractivity contribution in [2.24, 2.45) is 0 Å². The maximum absolute atomic E-state index is 14.1. The van der Waals surface area contributed by atoms with Gasteiger partial charge < -0.3 is 5.32 Å². The minimum absolute atomic E-state index is 0.228. The SMILES string of the molecule is CCCNCc1sc(-c2ccc(Br)cc2F)nc1CCC. The maximum atomic E-state index is 14.1. The van der Waals surface area contributed by atoms with Crippen molar-refractivity contribution in [3.05, 3.63) is 39.1 Å². The summed E-state index contributed by atoms with van der Waals surface area (Å²) in [4.78, 5) is 5.89. The van der Waals surface area contributed by atoms with Crippen LogP contribution in [-0.2, 0) is 13.0 Å². The Balaban J connectivity index is 2.29. The van der Waals surface area contributed by atoms with E-state index < -0.39 is 0 Å². The summed E-state index contributed by atoms with van der Waals surface area (Å²) in [5.74, 6) is -0.228. The number of rotatable bonds is 7. The Kier molecular flexibility index (Phi) is 6.33. The summed E-state index contributed by atoms with van der Waals surface area (Å²) in [6.07, 6.45) is 3.10. The van der Waals surface area contributed by atoms with Gasteiger partial charge in [0.15, 0.2) is 0 Å². The molecule has 0 aliphatic rings. The van der Waals surface area contributed by atoms with E-state index in [1.807, 2.05) is 6.07 Å². The third-order valence-corrected chi connectivity index (χ3v) is 4.76. The van der Waals surface area contributed by atoms with E-state index in [1.165, 1.54) is 10.9 Å². The number of benzene rings is 1. The predicted octanol–water partition coefficient (Wildman–Crippen LogP) is 5.16. The number of aromatic nitrogens is 1. The van der Waals surface area contributed by atoms with Crippen LogP contribution < -0.4 is 5.32 Å². The number of nitrogens with one attached hydrogen (secondary N) is 1. The Labute approximate surface area is 137 Å². The Bertz CT molecular complexity index is 598. The zero-order valence-electron chi connectivity index (χ0n) is 12.4. The fourth-order valence-electron chi connectivity index (χ4n) is 2.11. The van der Waals surface area contributed by atoms with Gasteiger partial charge in [-0.1, -0.05) is 36.2 Å². The van der Waals surface area contributed by atoms with Gasteiger partial charge in [-0.3, -0.25) is 0 Å². The maximum Gasteiger partial charge on any atom is 0.134 e. The minimum Gasteiger partial charge on any atom is -0.312 e.